The molecule has 1 unspecified atom stereocenters. The lowest BCUT2D eigenvalue weighted by Crippen LogP contribution is -2.32. The molecule has 2 heterocycles. The number of carbonyl (C=O) groups is 1. The van der Waals surface area contributed by atoms with Gasteiger partial charge < -0.3 is 15.3 Å². The van der Waals surface area contributed by atoms with E-state index < -0.39 is 0 Å². The molecule has 1 atom stereocenters. The molecular weight excluding hydrogens is 447 g/mol. The van der Waals surface area contributed by atoms with Crippen LogP contribution in [0.2, 0.25) is 10.0 Å². The first-order valence-corrected chi connectivity index (χ1v) is 11.0. The monoisotopic (exact) mass is 468 g/mol. The number of nitrogens with zero attached hydrogens (tertiary/aromatic N) is 3. The third kappa shape index (κ3) is 5.10. The minimum Gasteiger partial charge on any atom is -0.396 e. The molecule has 0 saturated carbocycles. The molecule has 1 amide bonds. The predicted octanol–water partition coefficient (Wildman–Crippen LogP) is 5.05. The minimum atomic E-state index is -0.330. The van der Waals surface area contributed by atoms with Gasteiger partial charge in [-0.1, -0.05) is 53.5 Å². The summed E-state index contributed by atoms with van der Waals surface area (Å²) in [4.78, 5) is 24.3. The number of hydrogen-bond donors (Lipinski definition) is 2. The lowest BCUT2D eigenvalue weighted by Gasteiger charge is -2.24. The Morgan fingerprint density at radius 3 is 2.59 bits per heavy atom. The van der Waals surface area contributed by atoms with Gasteiger partial charge in [-0.25, -0.2) is 4.98 Å². The van der Waals surface area contributed by atoms with Crippen LogP contribution >= 0.6 is 23.2 Å². The van der Waals surface area contributed by atoms with Crippen LogP contribution in [0.5, 0.6) is 0 Å². The summed E-state index contributed by atoms with van der Waals surface area (Å²) in [6, 6.07) is 18.4. The summed E-state index contributed by atoms with van der Waals surface area (Å²) in [5.74, 6) is 0.850. The second-order valence-corrected chi connectivity index (χ2v) is 8.30. The fourth-order valence-corrected chi connectivity index (χ4v) is 3.94. The van der Waals surface area contributed by atoms with Crippen molar-refractivity contribution < 1.29 is 9.90 Å². The van der Waals surface area contributed by atoms with Gasteiger partial charge in [-0.3, -0.25) is 9.79 Å². The molecule has 1 aliphatic rings. The van der Waals surface area contributed by atoms with Crippen molar-refractivity contribution in [2.75, 3.05) is 23.4 Å². The van der Waals surface area contributed by atoms with E-state index in [1.54, 1.807) is 24.3 Å². The summed E-state index contributed by atoms with van der Waals surface area (Å²) in [7, 11) is 0. The summed E-state index contributed by atoms with van der Waals surface area (Å²) in [5.41, 5.74) is 2.08. The Bertz CT molecular complexity index is 1120. The molecule has 0 bridgehead atoms. The van der Waals surface area contributed by atoms with E-state index >= 15 is 0 Å². The zero-order chi connectivity index (χ0) is 22.5. The Kier molecular flexibility index (Phi) is 7.05. The van der Waals surface area contributed by atoms with Crippen LogP contribution < -0.4 is 10.2 Å². The number of aliphatic hydroxyl groups is 1. The van der Waals surface area contributed by atoms with Crippen LogP contribution in [0.25, 0.3) is 0 Å². The number of rotatable bonds is 7. The maximum atomic E-state index is 13.2. The van der Waals surface area contributed by atoms with Crippen molar-refractivity contribution in [2.24, 2.45) is 4.99 Å². The van der Waals surface area contributed by atoms with E-state index in [2.05, 4.69) is 10.3 Å². The third-order valence-electron chi connectivity index (χ3n) is 5.14. The van der Waals surface area contributed by atoms with Crippen LogP contribution in [0.4, 0.5) is 11.5 Å². The Labute approximate surface area is 196 Å². The number of nitrogens with one attached hydrogen (secondary N) is 1. The van der Waals surface area contributed by atoms with E-state index in [0.717, 1.165) is 17.8 Å². The average molecular weight is 469 g/mol. The van der Waals surface area contributed by atoms with Gasteiger partial charge in [-0.2, -0.15) is 0 Å². The largest absolute Gasteiger partial charge is 0.396 e. The van der Waals surface area contributed by atoms with Crippen LogP contribution in [0.1, 0.15) is 28.8 Å². The Balaban J connectivity index is 1.69. The first kappa shape index (κ1) is 22.3. The molecule has 0 saturated heterocycles. The van der Waals surface area contributed by atoms with Gasteiger partial charge in [0.05, 0.1) is 22.3 Å². The molecule has 1 aromatic heterocycles. The number of benzene rings is 2. The van der Waals surface area contributed by atoms with Crippen molar-refractivity contribution >= 4 is 46.4 Å². The van der Waals surface area contributed by atoms with Gasteiger partial charge in [0.25, 0.3) is 5.91 Å². The third-order valence-corrected chi connectivity index (χ3v) is 5.60. The molecule has 1 aliphatic heterocycles. The number of carbonyl (C=O) groups excluding carboxylic acids is 1. The molecule has 0 aliphatic carbocycles. The van der Waals surface area contributed by atoms with Gasteiger partial charge in [-0.15, -0.1) is 0 Å². The number of amides is 1. The summed E-state index contributed by atoms with van der Waals surface area (Å²) in [5, 5.41) is 13.0. The number of amidine groups is 1. The fraction of sp³-hybridized carbons (Fsp3) is 0.208. The molecule has 3 aromatic rings. The Morgan fingerprint density at radius 2 is 1.88 bits per heavy atom. The molecular formula is C24H22Cl2N4O2. The van der Waals surface area contributed by atoms with Gasteiger partial charge in [-0.05, 0) is 43.2 Å². The standard InChI is InChI=1S/C24H22Cl2N4O2/c25-17-8-10-21(20(13-17)24(32)29-22-11-9-18(26)14-27-22)30-15-19(7-4-12-31)28-23(30)16-5-2-1-3-6-16/h1-3,5-6,8-11,13-14,19,31H,4,7,12,15H2,(H,27,29,32). The molecule has 0 spiro atoms. The summed E-state index contributed by atoms with van der Waals surface area (Å²) < 4.78 is 0. The van der Waals surface area contributed by atoms with Crippen LogP contribution in [-0.2, 0) is 0 Å². The van der Waals surface area contributed by atoms with Gasteiger partial charge in [0.1, 0.15) is 11.7 Å². The summed E-state index contributed by atoms with van der Waals surface area (Å²) >= 11 is 12.1. The molecule has 6 nitrogen and oxygen atoms in total. The SMILES string of the molecule is O=C(Nc1ccc(Cl)cn1)c1cc(Cl)ccc1N1CC(CCCO)N=C1c1ccccc1. The van der Waals surface area contributed by atoms with Crippen molar-refractivity contribution in [1.82, 2.24) is 4.98 Å². The fourth-order valence-electron chi connectivity index (χ4n) is 3.65. The van der Waals surface area contributed by atoms with Crippen molar-refractivity contribution in [3.05, 3.63) is 88.0 Å². The Hall–Kier alpha value is -2.93. The number of pyridine rings is 1. The van der Waals surface area contributed by atoms with E-state index in [-0.39, 0.29) is 18.6 Å². The summed E-state index contributed by atoms with van der Waals surface area (Å²) in [6.45, 7) is 0.723. The van der Waals surface area contributed by atoms with Crippen molar-refractivity contribution in [3.63, 3.8) is 0 Å². The smallest absolute Gasteiger partial charge is 0.258 e. The van der Waals surface area contributed by atoms with Gasteiger partial charge >= 0.3 is 0 Å². The van der Waals surface area contributed by atoms with Crippen LogP contribution in [0.15, 0.2) is 71.9 Å². The topological polar surface area (TPSA) is 77.8 Å². The minimum absolute atomic E-state index is 0.0156. The van der Waals surface area contributed by atoms with E-state index in [4.69, 9.17) is 28.2 Å². The van der Waals surface area contributed by atoms with Gasteiger partial charge in [0, 0.05) is 29.9 Å². The Morgan fingerprint density at radius 1 is 1.09 bits per heavy atom. The highest BCUT2D eigenvalue weighted by Gasteiger charge is 2.30. The summed E-state index contributed by atoms with van der Waals surface area (Å²) in [6.07, 6.45) is 2.90. The van der Waals surface area contributed by atoms with E-state index in [0.29, 0.717) is 40.1 Å². The highest BCUT2D eigenvalue weighted by molar-refractivity contribution is 6.31. The first-order chi connectivity index (χ1) is 15.5. The van der Waals surface area contributed by atoms with Gasteiger partial charge in [0.2, 0.25) is 0 Å². The maximum absolute atomic E-state index is 13.2. The number of anilines is 2. The second-order valence-electron chi connectivity index (χ2n) is 7.43. The lowest BCUT2D eigenvalue weighted by molar-refractivity contribution is 0.102. The van der Waals surface area contributed by atoms with Crippen LogP contribution in [-0.4, -0.2) is 41.0 Å². The van der Waals surface area contributed by atoms with Crippen molar-refractivity contribution in [2.45, 2.75) is 18.9 Å². The second kappa shape index (κ2) is 10.1. The predicted molar refractivity (Wildman–Crippen MR) is 129 cm³/mol. The lowest BCUT2D eigenvalue weighted by atomic mass is 10.1. The molecule has 4 rings (SSSR count). The molecule has 0 radical (unpaired) electrons. The highest BCUT2D eigenvalue weighted by Crippen LogP contribution is 2.31. The number of halogens is 2. The molecule has 164 valence electrons. The van der Waals surface area contributed by atoms with Gasteiger partial charge in [0.15, 0.2) is 0 Å². The molecule has 2 aromatic carbocycles. The number of aromatic nitrogens is 1. The van der Waals surface area contributed by atoms with E-state index in [1.807, 2.05) is 41.3 Å². The number of aliphatic imine (C=N–C) groups is 1. The van der Waals surface area contributed by atoms with E-state index in [9.17, 15) is 9.90 Å². The number of hydrogen-bond acceptors (Lipinski definition) is 5. The normalized spacial score (nSPS) is 15.5. The first-order valence-electron chi connectivity index (χ1n) is 10.3. The average Bonchev–Trinajstić information content (AvgIpc) is 3.23. The quantitative estimate of drug-likeness (QED) is 0.508. The van der Waals surface area contributed by atoms with E-state index in [1.165, 1.54) is 6.20 Å². The highest BCUT2D eigenvalue weighted by atomic mass is 35.5. The van der Waals surface area contributed by atoms with Crippen molar-refractivity contribution in [1.29, 1.82) is 0 Å². The molecule has 2 N–H and O–H groups in total. The number of aliphatic hydroxyl groups excluding tert-OH is 1. The zero-order valence-electron chi connectivity index (χ0n) is 17.2. The van der Waals surface area contributed by atoms with Crippen LogP contribution in [0.3, 0.4) is 0 Å². The molecule has 8 heteroatoms. The van der Waals surface area contributed by atoms with Crippen molar-refractivity contribution in [3.8, 4) is 0 Å². The molecule has 32 heavy (non-hydrogen) atoms. The molecule has 0 fully saturated rings. The zero-order valence-corrected chi connectivity index (χ0v) is 18.7. The van der Waals surface area contributed by atoms with Crippen LogP contribution in [0, 0.1) is 0 Å². The maximum Gasteiger partial charge on any atom is 0.258 e.